The lowest BCUT2D eigenvalue weighted by atomic mass is 10.0. The van der Waals surface area contributed by atoms with E-state index in [1.807, 2.05) is 6.08 Å². The molecule has 1 aromatic rings. The van der Waals surface area contributed by atoms with Gasteiger partial charge in [-0.2, -0.15) is 0 Å². The van der Waals surface area contributed by atoms with Gasteiger partial charge in [0.2, 0.25) is 0 Å². The van der Waals surface area contributed by atoms with Crippen molar-refractivity contribution in [2.45, 2.75) is 32.1 Å². The molecule has 1 aromatic carbocycles. The standard InChI is InChI=1S/C14H17FO/c1-2-3-4-5-6-7-14(16)12-8-10-13(15)11-9-12/h2,8-11H,1,3-7H2/i15-1. The highest BCUT2D eigenvalue weighted by Crippen LogP contribution is 2.10. The first-order valence-electron chi connectivity index (χ1n) is 5.63. The second-order valence-electron chi connectivity index (χ2n) is 3.82. The van der Waals surface area contributed by atoms with Gasteiger partial charge in [0.25, 0.3) is 0 Å². The highest BCUT2D eigenvalue weighted by Gasteiger charge is 2.04. The third kappa shape index (κ3) is 4.39. The monoisotopic (exact) mass is 219 g/mol. The summed E-state index contributed by atoms with van der Waals surface area (Å²) >= 11 is 0. The summed E-state index contributed by atoms with van der Waals surface area (Å²) in [7, 11) is 0. The number of halogens is 1. The summed E-state index contributed by atoms with van der Waals surface area (Å²) in [6, 6.07) is 5.73. The molecule has 0 amide bonds. The number of Topliss-reactive ketones (excluding diaryl/α,β-unsaturated/α-hetero) is 1. The van der Waals surface area contributed by atoms with Gasteiger partial charge in [-0.1, -0.05) is 12.5 Å². The zero-order chi connectivity index (χ0) is 11.8. The molecule has 0 aliphatic carbocycles. The summed E-state index contributed by atoms with van der Waals surface area (Å²) in [5.74, 6) is -0.207. The molecule has 0 aromatic heterocycles. The second-order valence-corrected chi connectivity index (χ2v) is 3.82. The molecule has 1 nitrogen and oxygen atoms in total. The van der Waals surface area contributed by atoms with Crippen LogP contribution in [-0.2, 0) is 0 Å². The SMILES string of the molecule is C=CCCCCCC(=O)c1ccc([18F])cc1. The van der Waals surface area contributed by atoms with Crippen molar-refractivity contribution in [1.82, 2.24) is 0 Å². The Labute approximate surface area is 96.0 Å². The van der Waals surface area contributed by atoms with Gasteiger partial charge in [-0.3, -0.25) is 4.79 Å². The number of hydrogen-bond donors (Lipinski definition) is 0. The molecular weight excluding hydrogens is 202 g/mol. The minimum atomic E-state index is -0.303. The molecule has 0 unspecified atom stereocenters. The average molecular weight is 219 g/mol. The van der Waals surface area contributed by atoms with Gasteiger partial charge in [0.05, 0.1) is 0 Å². The van der Waals surface area contributed by atoms with Crippen LogP contribution in [0.2, 0.25) is 0 Å². The first kappa shape index (κ1) is 12.6. The Morgan fingerprint density at radius 1 is 1.19 bits per heavy atom. The molecule has 0 heterocycles. The second kappa shape index (κ2) is 6.94. The van der Waals surface area contributed by atoms with Crippen molar-refractivity contribution < 1.29 is 9.18 Å². The lowest BCUT2D eigenvalue weighted by molar-refractivity contribution is 0.0979. The minimum Gasteiger partial charge on any atom is -0.294 e. The van der Waals surface area contributed by atoms with Crippen LogP contribution in [0.3, 0.4) is 0 Å². The van der Waals surface area contributed by atoms with Gasteiger partial charge in [0, 0.05) is 12.0 Å². The largest absolute Gasteiger partial charge is 0.294 e. The van der Waals surface area contributed by atoms with Gasteiger partial charge < -0.3 is 0 Å². The third-order valence-corrected chi connectivity index (χ3v) is 2.48. The summed E-state index contributed by atoms with van der Waals surface area (Å²) in [6.45, 7) is 3.65. The van der Waals surface area contributed by atoms with Gasteiger partial charge in [-0.05, 0) is 43.5 Å². The van der Waals surface area contributed by atoms with Crippen LogP contribution in [0.5, 0.6) is 0 Å². The molecule has 0 bridgehead atoms. The van der Waals surface area contributed by atoms with Crippen LogP contribution in [0.15, 0.2) is 36.9 Å². The Kier molecular flexibility index (Phi) is 5.48. The molecule has 0 aliphatic heterocycles. The van der Waals surface area contributed by atoms with Crippen molar-refractivity contribution in [3.05, 3.63) is 48.3 Å². The maximum Gasteiger partial charge on any atom is 0.162 e. The predicted molar refractivity (Wildman–Crippen MR) is 64.0 cm³/mol. The van der Waals surface area contributed by atoms with E-state index in [1.165, 1.54) is 12.1 Å². The van der Waals surface area contributed by atoms with Gasteiger partial charge >= 0.3 is 0 Å². The molecule has 0 aliphatic rings. The summed E-state index contributed by atoms with van der Waals surface area (Å²) < 4.78 is 12.6. The van der Waals surface area contributed by atoms with E-state index in [1.54, 1.807) is 12.1 Å². The van der Waals surface area contributed by atoms with Crippen molar-refractivity contribution in [1.29, 1.82) is 0 Å². The van der Waals surface area contributed by atoms with Gasteiger partial charge in [-0.25, -0.2) is 4.39 Å². The van der Waals surface area contributed by atoms with E-state index in [9.17, 15) is 9.18 Å². The molecule has 2 heteroatoms. The highest BCUT2D eigenvalue weighted by atomic mass is 18.2. The number of allylic oxidation sites excluding steroid dienone is 1. The van der Waals surface area contributed by atoms with Crippen molar-refractivity contribution in [3.8, 4) is 0 Å². The minimum absolute atomic E-state index is 0.0959. The van der Waals surface area contributed by atoms with E-state index < -0.39 is 0 Å². The number of rotatable bonds is 7. The lowest BCUT2D eigenvalue weighted by Crippen LogP contribution is -1.98. The highest BCUT2D eigenvalue weighted by molar-refractivity contribution is 5.95. The number of unbranched alkanes of at least 4 members (excludes halogenated alkanes) is 3. The Morgan fingerprint density at radius 2 is 1.88 bits per heavy atom. The van der Waals surface area contributed by atoms with Crippen molar-refractivity contribution >= 4 is 5.78 Å². The third-order valence-electron chi connectivity index (χ3n) is 2.48. The molecular formula is C14H17FO. The van der Waals surface area contributed by atoms with Crippen LogP contribution in [0, 0.1) is 5.82 Å². The molecule has 0 saturated heterocycles. The van der Waals surface area contributed by atoms with Crippen LogP contribution in [0.4, 0.5) is 4.39 Å². The van der Waals surface area contributed by atoms with E-state index in [0.717, 1.165) is 25.7 Å². The van der Waals surface area contributed by atoms with E-state index >= 15 is 0 Å². The molecule has 16 heavy (non-hydrogen) atoms. The zero-order valence-electron chi connectivity index (χ0n) is 9.42. The topological polar surface area (TPSA) is 17.1 Å². The molecule has 0 N–H and O–H groups in total. The number of hydrogen-bond acceptors (Lipinski definition) is 1. The van der Waals surface area contributed by atoms with Crippen LogP contribution in [0.25, 0.3) is 0 Å². The number of benzene rings is 1. The van der Waals surface area contributed by atoms with Gasteiger partial charge in [0.15, 0.2) is 5.78 Å². The fourth-order valence-electron chi connectivity index (χ4n) is 1.53. The van der Waals surface area contributed by atoms with Crippen molar-refractivity contribution in [3.63, 3.8) is 0 Å². The zero-order valence-corrected chi connectivity index (χ0v) is 9.42. The Balaban J connectivity index is 2.29. The summed E-state index contributed by atoms with van der Waals surface area (Å²) in [4.78, 5) is 11.6. The Bertz CT molecular complexity index is 340. The molecule has 0 atom stereocenters. The lowest BCUT2D eigenvalue weighted by Gasteiger charge is -2.00. The van der Waals surface area contributed by atoms with Gasteiger partial charge in [0.1, 0.15) is 5.82 Å². The fraction of sp³-hybridized carbons (Fsp3) is 0.357. The first-order chi connectivity index (χ1) is 7.74. The van der Waals surface area contributed by atoms with Crippen LogP contribution < -0.4 is 0 Å². The normalized spacial score (nSPS) is 10.1. The Hall–Kier alpha value is -1.44. The molecule has 1 rings (SSSR count). The average Bonchev–Trinajstić information content (AvgIpc) is 2.29. The fourth-order valence-corrected chi connectivity index (χ4v) is 1.53. The molecule has 86 valence electrons. The Morgan fingerprint density at radius 3 is 2.50 bits per heavy atom. The maximum absolute atomic E-state index is 12.6. The molecule has 0 saturated carbocycles. The number of ketones is 1. The first-order valence-corrected chi connectivity index (χ1v) is 5.63. The summed E-state index contributed by atoms with van der Waals surface area (Å²) in [5.41, 5.74) is 0.602. The van der Waals surface area contributed by atoms with E-state index in [-0.39, 0.29) is 11.6 Å². The molecule has 0 spiro atoms. The summed E-state index contributed by atoms with van der Waals surface area (Å²) in [6.07, 6.45) is 6.46. The smallest absolute Gasteiger partial charge is 0.162 e. The van der Waals surface area contributed by atoms with Gasteiger partial charge in [-0.15, -0.1) is 6.58 Å². The number of carbonyl (C=O) groups is 1. The van der Waals surface area contributed by atoms with Crippen molar-refractivity contribution in [2.24, 2.45) is 0 Å². The molecule has 0 radical (unpaired) electrons. The van der Waals surface area contributed by atoms with E-state index in [2.05, 4.69) is 6.58 Å². The van der Waals surface area contributed by atoms with E-state index in [0.29, 0.717) is 12.0 Å². The predicted octanol–water partition coefficient (Wildman–Crippen LogP) is 4.14. The summed E-state index contributed by atoms with van der Waals surface area (Å²) in [5, 5.41) is 0. The van der Waals surface area contributed by atoms with Crippen LogP contribution >= 0.6 is 0 Å². The van der Waals surface area contributed by atoms with Crippen LogP contribution in [-0.4, -0.2) is 5.78 Å². The maximum atomic E-state index is 12.6. The van der Waals surface area contributed by atoms with E-state index in [4.69, 9.17) is 0 Å². The quantitative estimate of drug-likeness (QED) is 0.382. The number of carbonyl (C=O) groups excluding carboxylic acids is 1. The molecule has 0 fully saturated rings. The van der Waals surface area contributed by atoms with Crippen LogP contribution in [0.1, 0.15) is 42.5 Å². The van der Waals surface area contributed by atoms with Crippen molar-refractivity contribution in [2.75, 3.05) is 0 Å².